The average Bonchev–Trinajstić information content (AvgIpc) is 3.58. The van der Waals surface area contributed by atoms with Crippen LogP contribution in [0.2, 0.25) is 10.0 Å². The molecule has 326 valence electrons. The Labute approximate surface area is 364 Å². The summed E-state index contributed by atoms with van der Waals surface area (Å²) in [7, 11) is 1.58. The van der Waals surface area contributed by atoms with Crippen LogP contribution in [0.15, 0.2) is 65.7 Å². The van der Waals surface area contributed by atoms with Gasteiger partial charge in [0, 0.05) is 61.8 Å². The highest BCUT2D eigenvalue weighted by atomic mass is 35.5. The van der Waals surface area contributed by atoms with E-state index in [4.69, 9.17) is 37.4 Å². The Balaban J connectivity index is 0.000000236. The van der Waals surface area contributed by atoms with Gasteiger partial charge in [-0.25, -0.2) is 24.7 Å². The average molecular weight is 896 g/mol. The summed E-state index contributed by atoms with van der Waals surface area (Å²) in [5.74, 6) is -0.145. The molecule has 0 bridgehead atoms. The van der Waals surface area contributed by atoms with Crippen LogP contribution in [-0.2, 0) is 20.9 Å². The zero-order valence-corrected chi connectivity index (χ0v) is 35.6. The normalized spacial score (nSPS) is 14.7. The second kappa shape index (κ2) is 20.0. The van der Waals surface area contributed by atoms with Crippen molar-refractivity contribution in [1.82, 2.24) is 40.1 Å². The molecule has 2 aliphatic heterocycles. The van der Waals surface area contributed by atoms with Crippen LogP contribution in [0.4, 0.5) is 25.2 Å². The van der Waals surface area contributed by atoms with E-state index in [1.165, 1.54) is 29.4 Å². The highest BCUT2D eigenvalue weighted by Gasteiger charge is 2.30. The summed E-state index contributed by atoms with van der Waals surface area (Å²) in [5, 5.41) is 2.96. The van der Waals surface area contributed by atoms with Crippen molar-refractivity contribution in [3.63, 3.8) is 0 Å². The van der Waals surface area contributed by atoms with Crippen LogP contribution in [0.5, 0.6) is 11.6 Å². The maximum absolute atomic E-state index is 13.9. The number of ether oxygens (including phenoxy) is 3. The van der Waals surface area contributed by atoms with Gasteiger partial charge in [0.1, 0.15) is 33.8 Å². The molecule has 2 N–H and O–H groups in total. The van der Waals surface area contributed by atoms with Crippen molar-refractivity contribution >= 4 is 52.5 Å². The van der Waals surface area contributed by atoms with E-state index in [9.17, 15) is 28.0 Å². The van der Waals surface area contributed by atoms with Crippen LogP contribution in [0.3, 0.4) is 0 Å². The molecule has 2 aliphatic rings. The summed E-state index contributed by atoms with van der Waals surface area (Å²) in [6, 6.07) is 12.7. The fourth-order valence-electron chi connectivity index (χ4n) is 6.12. The molecule has 17 nitrogen and oxygen atoms in total. The highest BCUT2D eigenvalue weighted by molar-refractivity contribution is 6.34. The molecule has 0 atom stereocenters. The van der Waals surface area contributed by atoms with Crippen LogP contribution in [0, 0.1) is 11.9 Å². The molecule has 21 heteroatoms. The molecular formula is C41H42Cl2F2N10O7. The first kappa shape index (κ1) is 45.2. The molecule has 0 radical (unpaired) electrons. The lowest BCUT2D eigenvalue weighted by Crippen LogP contribution is -2.40. The molecular weight excluding hydrogens is 853 g/mol. The molecule has 7 rings (SSSR count). The summed E-state index contributed by atoms with van der Waals surface area (Å²) in [5.41, 5.74) is 0.306. The number of carbonyl (C=O) groups excluding carboxylic acids is 3. The number of rotatable bonds is 8. The Morgan fingerprint density at radius 1 is 0.806 bits per heavy atom. The van der Waals surface area contributed by atoms with Gasteiger partial charge < -0.3 is 34.3 Å². The topological polar surface area (TPSA) is 198 Å². The molecule has 1 aromatic carbocycles. The van der Waals surface area contributed by atoms with Crippen LogP contribution in [-0.4, -0.2) is 118 Å². The molecule has 2 fully saturated rings. The van der Waals surface area contributed by atoms with E-state index < -0.39 is 29.1 Å². The predicted octanol–water partition coefficient (Wildman–Crippen LogP) is 5.15. The quantitative estimate of drug-likeness (QED) is 0.194. The maximum Gasteiger partial charge on any atom is 0.410 e. The number of halogens is 4. The van der Waals surface area contributed by atoms with E-state index in [0.717, 1.165) is 11.6 Å². The third-order valence-corrected chi connectivity index (χ3v) is 9.71. The molecule has 0 aliphatic carbocycles. The van der Waals surface area contributed by atoms with Gasteiger partial charge in [-0.1, -0.05) is 35.3 Å². The van der Waals surface area contributed by atoms with Crippen molar-refractivity contribution in [3.05, 3.63) is 98.8 Å². The lowest BCUT2D eigenvalue weighted by Gasteiger charge is -2.26. The minimum absolute atomic E-state index is 0.0304. The first-order valence-electron chi connectivity index (χ1n) is 19.2. The van der Waals surface area contributed by atoms with E-state index in [1.807, 2.05) is 12.1 Å². The molecule has 0 unspecified atom stereocenters. The maximum atomic E-state index is 13.9. The summed E-state index contributed by atoms with van der Waals surface area (Å²) in [6.07, 6.45) is 2.00. The van der Waals surface area contributed by atoms with Gasteiger partial charge in [-0.3, -0.25) is 19.3 Å². The van der Waals surface area contributed by atoms with E-state index in [-0.39, 0.29) is 96.7 Å². The van der Waals surface area contributed by atoms with Crippen molar-refractivity contribution in [2.24, 2.45) is 0 Å². The number of benzene rings is 1. The number of methoxy groups -OCH3 is 1. The molecule has 2 saturated heterocycles. The molecule has 62 heavy (non-hydrogen) atoms. The van der Waals surface area contributed by atoms with Crippen molar-refractivity contribution < 1.29 is 37.4 Å². The van der Waals surface area contributed by atoms with Gasteiger partial charge in [0.25, 0.3) is 5.56 Å². The summed E-state index contributed by atoms with van der Waals surface area (Å²) < 4.78 is 43.8. The predicted molar refractivity (Wildman–Crippen MR) is 226 cm³/mol. The first-order valence-corrected chi connectivity index (χ1v) is 19.9. The van der Waals surface area contributed by atoms with E-state index in [2.05, 4.69) is 35.2 Å². The lowest BCUT2D eigenvalue weighted by molar-refractivity contribution is -0.118. The van der Waals surface area contributed by atoms with Crippen molar-refractivity contribution in [2.75, 3.05) is 69.3 Å². The second-order valence-corrected chi connectivity index (χ2v) is 15.7. The van der Waals surface area contributed by atoms with Crippen molar-refractivity contribution in [1.29, 1.82) is 0 Å². The smallest absolute Gasteiger partial charge is 0.410 e. The third kappa shape index (κ3) is 11.9. The number of nitrogens with zero attached hydrogens (tertiary/aromatic N) is 8. The number of aromatic amines is 1. The minimum Gasteiger partial charge on any atom is -0.497 e. The number of nitrogens with one attached hydrogen (secondary N) is 2. The molecule has 6 heterocycles. The zero-order chi connectivity index (χ0) is 44.6. The summed E-state index contributed by atoms with van der Waals surface area (Å²) in [6.45, 7) is 7.09. The SMILES string of the molecule is COc1ccc(COc2nc(-c3ccnc(F)c3)nc(N3CCN(C(=O)OC(C)(C)C)CC(=O)C3)c2Cl)cc1.O=C1CNCCN(c2nc(-c3ccnc(F)c3)[nH]c(=O)c2Cl)C1. The minimum atomic E-state index is -0.703. The number of hydrogen-bond donors (Lipinski definition) is 2. The summed E-state index contributed by atoms with van der Waals surface area (Å²) in [4.78, 5) is 76.8. The number of ketones is 2. The van der Waals surface area contributed by atoms with Gasteiger partial charge in [-0.05, 0) is 50.6 Å². The monoisotopic (exact) mass is 894 g/mol. The number of anilines is 2. The Kier molecular flexibility index (Phi) is 14.6. The molecule has 1 amide bonds. The molecule has 0 spiro atoms. The number of aromatic nitrogens is 6. The van der Waals surface area contributed by atoms with E-state index in [1.54, 1.807) is 55.9 Å². The highest BCUT2D eigenvalue weighted by Crippen LogP contribution is 2.35. The van der Waals surface area contributed by atoms with E-state index in [0.29, 0.717) is 30.0 Å². The molecule has 0 saturated carbocycles. The van der Waals surface area contributed by atoms with Crippen LogP contribution in [0.1, 0.15) is 26.3 Å². The Morgan fingerprint density at radius 2 is 1.45 bits per heavy atom. The summed E-state index contributed by atoms with van der Waals surface area (Å²) >= 11 is 12.8. The Morgan fingerprint density at radius 3 is 2.13 bits per heavy atom. The fraction of sp³-hybridized carbons (Fsp3) is 0.341. The Hall–Kier alpha value is -6.31. The molecule has 5 aromatic rings. The first-order chi connectivity index (χ1) is 29.6. The van der Waals surface area contributed by atoms with Gasteiger partial charge in [0.15, 0.2) is 29.0 Å². The van der Waals surface area contributed by atoms with Gasteiger partial charge in [-0.2, -0.15) is 13.8 Å². The van der Waals surface area contributed by atoms with Gasteiger partial charge in [-0.15, -0.1) is 0 Å². The fourth-order valence-corrected chi connectivity index (χ4v) is 6.58. The van der Waals surface area contributed by atoms with Crippen LogP contribution >= 0.6 is 23.2 Å². The Bertz CT molecular complexity index is 2490. The largest absolute Gasteiger partial charge is 0.497 e. The van der Waals surface area contributed by atoms with Crippen LogP contribution in [0.25, 0.3) is 22.8 Å². The van der Waals surface area contributed by atoms with Crippen molar-refractivity contribution in [3.8, 4) is 34.4 Å². The standard InChI is InChI=1S/C27H29ClFN5O5.C14H13ClFN5O2/c1-27(2,3)39-26(36)34-12-11-33(14-19(35)15-34)24-22(28)25(38-16-17-5-7-20(37-4)8-6-17)32-23(31-24)18-9-10-30-21(29)13-18;15-11-13(21-4-3-17-6-9(22)7-21)19-12(20-14(11)23)8-1-2-18-10(16)5-8/h5-10,13H,11-12,14-16H2,1-4H3;1-2,5,17H,3-4,6-7H2,(H,19,20,23). The number of H-pyrrole nitrogens is 1. The van der Waals surface area contributed by atoms with Gasteiger partial charge in [0.2, 0.25) is 17.8 Å². The number of carbonyl (C=O) groups is 3. The lowest BCUT2D eigenvalue weighted by atomic mass is 10.2. The zero-order valence-electron chi connectivity index (χ0n) is 34.1. The number of Topliss-reactive ketones (excluding diaryl/α,β-unsaturated/α-hetero) is 2. The van der Waals surface area contributed by atoms with Crippen molar-refractivity contribution in [2.45, 2.75) is 33.0 Å². The third-order valence-electron chi connectivity index (χ3n) is 9.04. The number of pyridine rings is 2. The molecule has 4 aromatic heterocycles. The van der Waals surface area contributed by atoms with E-state index >= 15 is 0 Å². The van der Waals surface area contributed by atoms with Gasteiger partial charge in [0.05, 0.1) is 33.3 Å². The van der Waals surface area contributed by atoms with Crippen LogP contribution < -0.4 is 30.1 Å². The van der Waals surface area contributed by atoms with Gasteiger partial charge >= 0.3 is 6.09 Å². The number of amides is 1. The second-order valence-electron chi connectivity index (χ2n) is 14.9. The number of hydrogen-bond acceptors (Lipinski definition) is 15.